The molecule has 0 atom stereocenters. The van der Waals surface area contributed by atoms with Crippen molar-refractivity contribution >= 4 is 5.57 Å². The molecular weight excluding hydrogens is 384 g/mol. The Bertz CT molecular complexity index is 1170. The van der Waals surface area contributed by atoms with Crippen LogP contribution in [0.2, 0.25) is 0 Å². The van der Waals surface area contributed by atoms with Gasteiger partial charge in [0, 0.05) is 0 Å². The molecule has 0 aliphatic heterocycles. The summed E-state index contributed by atoms with van der Waals surface area (Å²) < 4.78 is 0. The number of fused-ring (bicyclic) bond motifs is 1. The van der Waals surface area contributed by atoms with Crippen molar-refractivity contribution in [2.75, 3.05) is 0 Å². The molecule has 0 fully saturated rings. The maximum absolute atomic E-state index is 2.51. The topological polar surface area (TPSA) is 0 Å². The average molecular weight is 417 g/mol. The first-order valence-corrected chi connectivity index (χ1v) is 11.9. The fourth-order valence-corrected chi connectivity index (χ4v) is 5.49. The average Bonchev–Trinajstić information content (AvgIpc) is 2.82. The number of aryl methyl sites for hydroxylation is 4. The van der Waals surface area contributed by atoms with E-state index in [1.165, 1.54) is 50.1 Å². The van der Waals surface area contributed by atoms with Crippen LogP contribution in [-0.2, 0) is 11.8 Å². The van der Waals surface area contributed by atoms with Crippen LogP contribution in [-0.4, -0.2) is 0 Å². The first kappa shape index (κ1) is 20.8. The van der Waals surface area contributed by atoms with E-state index in [0.29, 0.717) is 0 Å². The Morgan fingerprint density at radius 2 is 1.25 bits per heavy atom. The monoisotopic (exact) mass is 416 g/mol. The predicted molar refractivity (Wildman–Crippen MR) is 137 cm³/mol. The third-order valence-corrected chi connectivity index (χ3v) is 7.11. The molecule has 0 bridgehead atoms. The van der Waals surface area contributed by atoms with Crippen molar-refractivity contribution in [3.63, 3.8) is 0 Å². The standard InChI is InChI=1S/C32H32/c1-23-12-17-28(18-13-23)32(27-9-5-4-6-10-27,29-19-14-24(2)15-20-29)31-11-7-8-26-22-25(3)16-21-30(26)31/h5,9-22H,4,6-8H2,1-3H3. The number of rotatable bonds is 4. The van der Waals surface area contributed by atoms with Crippen LogP contribution in [0.5, 0.6) is 0 Å². The highest BCUT2D eigenvalue weighted by atomic mass is 14.4. The maximum Gasteiger partial charge on any atom is 0.0701 e. The summed E-state index contributed by atoms with van der Waals surface area (Å²) in [7, 11) is 0. The lowest BCUT2D eigenvalue weighted by atomic mass is 9.60. The van der Waals surface area contributed by atoms with E-state index in [2.05, 4.69) is 112 Å². The van der Waals surface area contributed by atoms with Gasteiger partial charge < -0.3 is 0 Å². The van der Waals surface area contributed by atoms with Crippen LogP contribution in [0.3, 0.4) is 0 Å². The van der Waals surface area contributed by atoms with E-state index in [1.54, 1.807) is 0 Å². The van der Waals surface area contributed by atoms with E-state index in [1.807, 2.05) is 0 Å². The van der Waals surface area contributed by atoms with Gasteiger partial charge in [-0.3, -0.25) is 0 Å². The Kier molecular flexibility index (Phi) is 5.47. The van der Waals surface area contributed by atoms with E-state index in [-0.39, 0.29) is 5.41 Å². The molecule has 0 radical (unpaired) electrons. The number of allylic oxidation sites excluding steroid dienone is 6. The van der Waals surface area contributed by atoms with Gasteiger partial charge in [0.25, 0.3) is 0 Å². The zero-order valence-electron chi connectivity index (χ0n) is 19.5. The van der Waals surface area contributed by atoms with E-state index in [9.17, 15) is 0 Å². The highest BCUT2D eigenvalue weighted by Gasteiger charge is 2.42. The molecule has 0 N–H and O–H groups in total. The molecule has 0 heteroatoms. The molecule has 5 rings (SSSR count). The first-order chi connectivity index (χ1) is 15.6. The molecule has 3 aromatic rings. The SMILES string of the molecule is Cc1ccc(C(C2=CCCC=C2)(C2=CCCc3cc(C)ccc32)c2ccc(C)cc2)cc1. The second-order valence-electron chi connectivity index (χ2n) is 9.44. The van der Waals surface area contributed by atoms with Crippen LogP contribution in [0.15, 0.2) is 96.6 Å². The largest absolute Gasteiger partial charge is 0.0839 e. The Balaban J connectivity index is 1.87. The molecular formula is C32H32. The molecule has 32 heavy (non-hydrogen) atoms. The minimum Gasteiger partial charge on any atom is -0.0839 e. The highest BCUT2D eigenvalue weighted by Crippen LogP contribution is 2.52. The molecule has 2 aliphatic carbocycles. The molecule has 2 aliphatic rings. The van der Waals surface area contributed by atoms with Gasteiger partial charge in [0.15, 0.2) is 0 Å². The van der Waals surface area contributed by atoms with E-state index >= 15 is 0 Å². The van der Waals surface area contributed by atoms with Gasteiger partial charge in [-0.15, -0.1) is 0 Å². The summed E-state index contributed by atoms with van der Waals surface area (Å²) in [6, 6.07) is 25.5. The molecule has 0 saturated carbocycles. The molecule has 0 heterocycles. The van der Waals surface area contributed by atoms with Gasteiger partial charge >= 0.3 is 0 Å². The first-order valence-electron chi connectivity index (χ1n) is 11.9. The summed E-state index contributed by atoms with van der Waals surface area (Å²) >= 11 is 0. The zero-order chi connectivity index (χ0) is 22.1. The quantitative estimate of drug-likeness (QED) is 0.402. The summed E-state index contributed by atoms with van der Waals surface area (Å²) in [5, 5.41) is 0. The zero-order valence-corrected chi connectivity index (χ0v) is 19.5. The Morgan fingerprint density at radius 3 is 1.84 bits per heavy atom. The normalized spacial score (nSPS) is 15.7. The Morgan fingerprint density at radius 1 is 0.625 bits per heavy atom. The highest BCUT2D eigenvalue weighted by molar-refractivity contribution is 5.87. The second-order valence-corrected chi connectivity index (χ2v) is 9.44. The van der Waals surface area contributed by atoms with Crippen LogP contribution in [0.25, 0.3) is 5.57 Å². The van der Waals surface area contributed by atoms with Crippen molar-refractivity contribution < 1.29 is 0 Å². The van der Waals surface area contributed by atoms with Crippen molar-refractivity contribution in [1.29, 1.82) is 0 Å². The minimum atomic E-state index is -0.317. The van der Waals surface area contributed by atoms with Gasteiger partial charge in [0.05, 0.1) is 5.41 Å². The van der Waals surface area contributed by atoms with Crippen LogP contribution in [0, 0.1) is 20.8 Å². The van der Waals surface area contributed by atoms with Crippen molar-refractivity contribution in [3.05, 3.63) is 136 Å². The van der Waals surface area contributed by atoms with Crippen molar-refractivity contribution in [1.82, 2.24) is 0 Å². The summed E-state index contributed by atoms with van der Waals surface area (Å²) in [6.07, 6.45) is 14.1. The van der Waals surface area contributed by atoms with Crippen molar-refractivity contribution in [2.24, 2.45) is 0 Å². The third kappa shape index (κ3) is 3.48. The summed E-state index contributed by atoms with van der Waals surface area (Å²) in [4.78, 5) is 0. The number of benzene rings is 3. The third-order valence-electron chi connectivity index (χ3n) is 7.11. The number of hydrogen-bond acceptors (Lipinski definition) is 0. The van der Waals surface area contributed by atoms with Crippen molar-refractivity contribution in [3.8, 4) is 0 Å². The fraction of sp³-hybridized carbons (Fsp3) is 0.250. The van der Waals surface area contributed by atoms with Gasteiger partial charge in [-0.25, -0.2) is 0 Å². The molecule has 0 unspecified atom stereocenters. The Labute approximate surface area is 193 Å². The predicted octanol–water partition coefficient (Wildman–Crippen LogP) is 8.20. The molecule has 0 saturated heterocycles. The van der Waals surface area contributed by atoms with Gasteiger partial charge in [-0.1, -0.05) is 108 Å². The molecule has 160 valence electrons. The molecule has 0 spiro atoms. The van der Waals surface area contributed by atoms with E-state index < -0.39 is 0 Å². The smallest absolute Gasteiger partial charge is 0.0701 e. The van der Waals surface area contributed by atoms with Gasteiger partial charge in [0.1, 0.15) is 0 Å². The molecule has 0 nitrogen and oxygen atoms in total. The molecule has 0 amide bonds. The van der Waals surface area contributed by atoms with E-state index in [4.69, 9.17) is 0 Å². The lowest BCUT2D eigenvalue weighted by molar-refractivity contribution is 0.766. The lowest BCUT2D eigenvalue weighted by Crippen LogP contribution is -2.33. The maximum atomic E-state index is 2.51. The Hall–Kier alpha value is -3.12. The van der Waals surface area contributed by atoms with Crippen molar-refractivity contribution in [2.45, 2.75) is 51.9 Å². The van der Waals surface area contributed by atoms with E-state index in [0.717, 1.165) is 25.7 Å². The van der Waals surface area contributed by atoms with Gasteiger partial charge in [0.2, 0.25) is 0 Å². The van der Waals surface area contributed by atoms with Gasteiger partial charge in [-0.05, 0) is 79.9 Å². The summed E-state index contributed by atoms with van der Waals surface area (Å²) in [6.45, 7) is 6.56. The summed E-state index contributed by atoms with van der Waals surface area (Å²) in [5.41, 5.74) is 12.0. The molecule has 0 aromatic heterocycles. The fourth-order valence-electron chi connectivity index (χ4n) is 5.49. The lowest BCUT2D eigenvalue weighted by Gasteiger charge is -2.42. The van der Waals surface area contributed by atoms with Crippen LogP contribution in [0.1, 0.15) is 58.2 Å². The van der Waals surface area contributed by atoms with Crippen LogP contribution in [0.4, 0.5) is 0 Å². The second kappa shape index (κ2) is 8.43. The molecule has 3 aromatic carbocycles. The van der Waals surface area contributed by atoms with Gasteiger partial charge in [-0.2, -0.15) is 0 Å². The van der Waals surface area contributed by atoms with Crippen LogP contribution >= 0.6 is 0 Å². The minimum absolute atomic E-state index is 0.317. The van der Waals surface area contributed by atoms with Crippen LogP contribution < -0.4 is 0 Å². The summed E-state index contributed by atoms with van der Waals surface area (Å²) in [5.74, 6) is 0. The number of hydrogen-bond donors (Lipinski definition) is 0.